The van der Waals surface area contributed by atoms with Crippen LogP contribution in [0.5, 0.6) is 5.75 Å². The van der Waals surface area contributed by atoms with Crippen LogP contribution in [0.2, 0.25) is 5.02 Å². The fourth-order valence-electron chi connectivity index (χ4n) is 3.67. The molecule has 3 rings (SSSR count). The second kappa shape index (κ2) is 9.06. The third-order valence-electron chi connectivity index (χ3n) is 5.20. The van der Waals surface area contributed by atoms with Gasteiger partial charge in [0.1, 0.15) is 12.0 Å². The van der Waals surface area contributed by atoms with E-state index in [2.05, 4.69) is 8.80 Å². The summed E-state index contributed by atoms with van der Waals surface area (Å²) in [5.41, 5.74) is 0.268. The van der Waals surface area contributed by atoms with Crippen molar-refractivity contribution in [2.75, 3.05) is 33.1 Å². The van der Waals surface area contributed by atoms with Crippen molar-refractivity contribution in [1.82, 2.24) is 9.80 Å². The summed E-state index contributed by atoms with van der Waals surface area (Å²) in [6.07, 6.45) is 1.40. The molecule has 10 nitrogen and oxygen atoms in total. The lowest BCUT2D eigenvalue weighted by Gasteiger charge is -2.33. The first kappa shape index (κ1) is 24.6. The fourth-order valence-corrected chi connectivity index (χ4v) is 4.71. The van der Waals surface area contributed by atoms with Crippen molar-refractivity contribution in [2.45, 2.75) is 19.9 Å². The van der Waals surface area contributed by atoms with E-state index in [1.54, 1.807) is 44.2 Å². The number of hydrogen-bond donors (Lipinski definition) is 1. The number of halogens is 1. The summed E-state index contributed by atoms with van der Waals surface area (Å²) in [5.74, 6) is -0.120. The van der Waals surface area contributed by atoms with Crippen LogP contribution in [-0.4, -0.2) is 69.1 Å². The second-order valence-electron chi connectivity index (χ2n) is 8.18. The molecule has 1 atom stereocenters. The lowest BCUT2D eigenvalue weighted by Crippen LogP contribution is -2.43. The molecule has 0 saturated carbocycles. The third-order valence-corrected chi connectivity index (χ3v) is 6.20. The van der Waals surface area contributed by atoms with Crippen LogP contribution in [0.15, 0.2) is 43.7 Å². The molecule has 0 spiro atoms. The van der Waals surface area contributed by atoms with Crippen LogP contribution in [0.3, 0.4) is 0 Å². The van der Waals surface area contributed by atoms with Gasteiger partial charge in [-0.15, -0.1) is 8.80 Å². The number of phenolic OH excluding ortho intramolecular Hbond substituents is 1. The van der Waals surface area contributed by atoms with Gasteiger partial charge in [-0.2, -0.15) is 8.42 Å². The van der Waals surface area contributed by atoms with Crippen molar-refractivity contribution >= 4 is 45.1 Å². The lowest BCUT2D eigenvalue weighted by molar-refractivity contribution is 0.0824. The average molecular weight is 496 g/mol. The molecule has 1 aliphatic heterocycles. The number of phenols is 1. The third kappa shape index (κ3) is 4.83. The van der Waals surface area contributed by atoms with E-state index in [-0.39, 0.29) is 34.6 Å². The van der Waals surface area contributed by atoms with Crippen LogP contribution in [0.4, 0.5) is 5.69 Å². The molecule has 1 amide bonds. The smallest absolute Gasteiger partial charge is 0.367 e. The van der Waals surface area contributed by atoms with Gasteiger partial charge in [-0.3, -0.25) is 4.79 Å². The molecular formula is C21H26ClN5O5S. The molecule has 1 aliphatic rings. The topological polar surface area (TPSA) is 119 Å². The highest BCUT2D eigenvalue weighted by Crippen LogP contribution is 2.35. The molecule has 0 fully saturated rings. The normalized spacial score (nSPS) is 15.8. The molecule has 1 N–H and O–H groups in total. The Morgan fingerprint density at radius 2 is 1.76 bits per heavy atom. The molecule has 0 unspecified atom stereocenters. The van der Waals surface area contributed by atoms with Crippen LogP contribution >= 0.6 is 11.6 Å². The Kier molecular flexibility index (Phi) is 6.75. The molecular weight excluding hydrogens is 470 g/mol. The molecule has 12 heteroatoms. The van der Waals surface area contributed by atoms with Gasteiger partial charge >= 0.3 is 10.2 Å². The van der Waals surface area contributed by atoms with Crippen LogP contribution in [0, 0.1) is 5.92 Å². The molecule has 0 bridgehead atoms. The number of furan rings is 1. The molecule has 2 aromatic rings. The van der Waals surface area contributed by atoms with Gasteiger partial charge in [0.15, 0.2) is 17.4 Å². The quantitative estimate of drug-likeness (QED) is 0.676. The van der Waals surface area contributed by atoms with Crippen molar-refractivity contribution in [1.29, 1.82) is 0 Å². The number of amides is 1. The van der Waals surface area contributed by atoms with Crippen molar-refractivity contribution in [3.63, 3.8) is 0 Å². The van der Waals surface area contributed by atoms with Gasteiger partial charge < -0.3 is 24.2 Å². The molecule has 0 saturated heterocycles. The largest absolute Gasteiger partial charge is 0.505 e. The standard InChI is InChI=1S/C21H26ClN5O5S/c1-12(2)17(16-10-13(22)11-32-16)27(6)20-19(23-33(30,31)24-20)26(5)15-9-7-8-14(18(15)28)21(29)25(3)4/h7-12,17,28H,1-6H3/t17-/m1/s1. The van der Waals surface area contributed by atoms with E-state index in [4.69, 9.17) is 16.0 Å². The maximum atomic E-state index is 12.4. The first-order chi connectivity index (χ1) is 15.3. The Bertz CT molecular complexity index is 1240. The second-order valence-corrected chi connectivity index (χ2v) is 9.87. The minimum atomic E-state index is -4.15. The van der Waals surface area contributed by atoms with E-state index in [0.29, 0.717) is 10.8 Å². The van der Waals surface area contributed by atoms with Crippen molar-refractivity contribution in [3.05, 3.63) is 46.9 Å². The van der Waals surface area contributed by atoms with E-state index in [9.17, 15) is 18.3 Å². The van der Waals surface area contributed by atoms with E-state index in [1.807, 2.05) is 13.8 Å². The highest BCUT2D eigenvalue weighted by molar-refractivity contribution is 7.89. The zero-order valence-corrected chi connectivity index (χ0v) is 20.7. The summed E-state index contributed by atoms with van der Waals surface area (Å²) in [4.78, 5) is 16.8. The van der Waals surface area contributed by atoms with Gasteiger partial charge in [0, 0.05) is 34.3 Å². The highest BCUT2D eigenvalue weighted by Gasteiger charge is 2.36. The molecule has 178 valence electrons. The first-order valence-electron chi connectivity index (χ1n) is 10.0. The Labute approximate surface area is 198 Å². The maximum absolute atomic E-state index is 12.4. The zero-order valence-electron chi connectivity index (χ0n) is 19.1. The SMILES string of the molecule is CC(C)[C@H](c1cc(Cl)co1)N(C)C1=NS(=O)(=O)N=C1N(C)c1cccc(C(=O)N(C)C)c1O. The molecule has 0 radical (unpaired) electrons. The van der Waals surface area contributed by atoms with Crippen molar-refractivity contribution in [3.8, 4) is 5.75 Å². The number of nitrogens with zero attached hydrogens (tertiary/aromatic N) is 5. The minimum absolute atomic E-state index is 0.00875. The monoisotopic (exact) mass is 495 g/mol. The van der Waals surface area contributed by atoms with Gasteiger partial charge in [-0.25, -0.2) is 0 Å². The fraction of sp³-hybridized carbons (Fsp3) is 0.381. The predicted molar refractivity (Wildman–Crippen MR) is 127 cm³/mol. The summed E-state index contributed by atoms with van der Waals surface area (Å²) in [5, 5.41) is 11.2. The minimum Gasteiger partial charge on any atom is -0.505 e. The number of aromatic hydroxyl groups is 1. The molecule has 1 aromatic heterocycles. The molecule has 33 heavy (non-hydrogen) atoms. The van der Waals surface area contributed by atoms with Gasteiger partial charge in [-0.05, 0) is 18.1 Å². The number of likely N-dealkylation sites (N-methyl/N-ethyl adjacent to an activating group) is 2. The van der Waals surface area contributed by atoms with Crippen molar-refractivity contribution < 1.29 is 22.7 Å². The van der Waals surface area contributed by atoms with Gasteiger partial charge in [0.05, 0.1) is 22.3 Å². The molecule has 0 aliphatic carbocycles. The Balaban J connectivity index is 2.05. The van der Waals surface area contributed by atoms with Crippen molar-refractivity contribution in [2.24, 2.45) is 14.7 Å². The number of anilines is 1. The highest BCUT2D eigenvalue weighted by atomic mass is 35.5. The average Bonchev–Trinajstić information content (AvgIpc) is 3.29. The summed E-state index contributed by atoms with van der Waals surface area (Å²) < 4.78 is 38.0. The van der Waals surface area contributed by atoms with E-state index < -0.39 is 22.2 Å². The van der Waals surface area contributed by atoms with Crippen LogP contribution in [-0.2, 0) is 10.2 Å². The molecule has 1 aromatic carbocycles. The van der Waals surface area contributed by atoms with Crippen LogP contribution < -0.4 is 4.90 Å². The number of hydrogen-bond acceptors (Lipinski definition) is 7. The Hall–Kier alpha value is -3.05. The number of benzene rings is 1. The number of carbonyl (C=O) groups is 1. The molecule has 2 heterocycles. The summed E-state index contributed by atoms with van der Waals surface area (Å²) >= 11 is 6.03. The Morgan fingerprint density at radius 3 is 2.30 bits per heavy atom. The number of carbonyl (C=O) groups excluding carboxylic acids is 1. The van der Waals surface area contributed by atoms with Gasteiger partial charge in [0.2, 0.25) is 0 Å². The number of amidine groups is 2. The zero-order chi connectivity index (χ0) is 24.7. The van der Waals surface area contributed by atoms with Gasteiger partial charge in [0.25, 0.3) is 5.91 Å². The van der Waals surface area contributed by atoms with Crippen LogP contribution in [0.25, 0.3) is 0 Å². The van der Waals surface area contributed by atoms with Gasteiger partial charge in [-0.1, -0.05) is 31.5 Å². The van der Waals surface area contributed by atoms with E-state index >= 15 is 0 Å². The predicted octanol–water partition coefficient (Wildman–Crippen LogP) is 3.16. The van der Waals surface area contributed by atoms with E-state index in [0.717, 1.165) is 0 Å². The first-order valence-corrected chi connectivity index (χ1v) is 11.8. The Morgan fingerprint density at radius 1 is 1.12 bits per heavy atom. The summed E-state index contributed by atoms with van der Waals surface area (Å²) in [6.45, 7) is 3.90. The van der Waals surface area contributed by atoms with Crippen LogP contribution in [0.1, 0.15) is 36.0 Å². The number of rotatable bonds is 5. The summed E-state index contributed by atoms with van der Waals surface area (Å²) in [6, 6.07) is 5.89. The number of para-hydroxylation sites is 1. The maximum Gasteiger partial charge on any atom is 0.367 e. The summed E-state index contributed by atoms with van der Waals surface area (Å²) in [7, 11) is 2.20. The lowest BCUT2D eigenvalue weighted by atomic mass is 10.00. The van der Waals surface area contributed by atoms with E-state index in [1.165, 1.54) is 29.2 Å².